The first-order valence-corrected chi connectivity index (χ1v) is 15.4. The fraction of sp³-hybridized carbons (Fsp3) is 0.781. The van der Waals surface area contributed by atoms with Gasteiger partial charge in [0.2, 0.25) is 0 Å². The normalized spacial score (nSPS) is 49.7. The van der Waals surface area contributed by atoms with E-state index in [4.69, 9.17) is 18.9 Å². The standard InChI is InChI=1S/C32H42F3NO7/c1-6-36-15-28(2)11-10-21(41-4)30-19-13-18-20(40-3)14-29(38,22(19)23(18)42-5)31(39,27(30)36)25(24(28)30)43-26(37)16-8-7-9-17(12-16)32(33,34)35/h7-9,12,18-25,27,38-39H,6,10-11,13-15H2,1-5H3/t18-,19-,20+,21+,22-,23+,24-,25+,27+,28+,29-,30+,31+/m1/s1. The maximum Gasteiger partial charge on any atom is 0.416 e. The third-order valence-corrected chi connectivity index (χ3v) is 12.9. The van der Waals surface area contributed by atoms with Crippen LogP contribution in [0.25, 0.3) is 0 Å². The molecule has 43 heavy (non-hydrogen) atoms. The van der Waals surface area contributed by atoms with Gasteiger partial charge in [-0.15, -0.1) is 0 Å². The Hall–Kier alpha value is -1.76. The minimum absolute atomic E-state index is 0.00944. The van der Waals surface area contributed by atoms with Crippen LogP contribution in [0.15, 0.2) is 24.3 Å². The summed E-state index contributed by atoms with van der Waals surface area (Å²) in [5, 5.41) is 26.4. The maximum atomic E-state index is 13.8. The summed E-state index contributed by atoms with van der Waals surface area (Å²) in [5.41, 5.74) is -6.04. The molecule has 7 rings (SSSR count). The number of esters is 1. The van der Waals surface area contributed by atoms with E-state index in [0.29, 0.717) is 19.5 Å². The van der Waals surface area contributed by atoms with Crippen molar-refractivity contribution in [2.75, 3.05) is 34.4 Å². The van der Waals surface area contributed by atoms with Gasteiger partial charge in [-0.25, -0.2) is 4.79 Å². The van der Waals surface area contributed by atoms with Crippen LogP contribution in [0.3, 0.4) is 0 Å². The highest BCUT2D eigenvalue weighted by atomic mass is 19.4. The molecule has 1 saturated heterocycles. The maximum absolute atomic E-state index is 13.8. The smallest absolute Gasteiger partial charge is 0.416 e. The summed E-state index contributed by atoms with van der Waals surface area (Å²) < 4.78 is 65.4. The lowest BCUT2D eigenvalue weighted by atomic mass is 9.43. The molecule has 13 atom stereocenters. The Balaban J connectivity index is 1.45. The van der Waals surface area contributed by atoms with Crippen LogP contribution in [0.1, 0.15) is 55.5 Å². The third kappa shape index (κ3) is 3.42. The molecule has 11 heteroatoms. The van der Waals surface area contributed by atoms with E-state index in [1.165, 1.54) is 12.1 Å². The van der Waals surface area contributed by atoms with Gasteiger partial charge in [0.1, 0.15) is 17.3 Å². The third-order valence-electron chi connectivity index (χ3n) is 12.9. The van der Waals surface area contributed by atoms with Crippen molar-refractivity contribution in [2.24, 2.45) is 34.5 Å². The van der Waals surface area contributed by atoms with Crippen LogP contribution in [0.4, 0.5) is 13.2 Å². The number of alkyl halides is 3. The van der Waals surface area contributed by atoms with Crippen molar-refractivity contribution in [3.8, 4) is 0 Å². The van der Waals surface area contributed by atoms with E-state index < -0.39 is 75.9 Å². The van der Waals surface area contributed by atoms with E-state index >= 15 is 0 Å². The van der Waals surface area contributed by atoms with Gasteiger partial charge in [-0.05, 0) is 55.3 Å². The average molecular weight is 610 g/mol. The number of nitrogens with zero attached hydrogens (tertiary/aromatic N) is 1. The Labute approximate surface area is 249 Å². The summed E-state index contributed by atoms with van der Waals surface area (Å²) in [6, 6.07) is 3.56. The highest BCUT2D eigenvalue weighted by Gasteiger charge is 2.91. The molecule has 0 aromatic heterocycles. The predicted octanol–water partition coefficient (Wildman–Crippen LogP) is 3.53. The second-order valence-corrected chi connectivity index (χ2v) is 14.2. The van der Waals surface area contributed by atoms with Gasteiger partial charge >= 0.3 is 12.1 Å². The molecule has 2 N–H and O–H groups in total. The number of hydrogen-bond acceptors (Lipinski definition) is 8. The zero-order valence-electron chi connectivity index (χ0n) is 25.3. The first-order chi connectivity index (χ1) is 20.3. The van der Waals surface area contributed by atoms with Crippen molar-refractivity contribution >= 4 is 5.97 Å². The molecule has 6 aliphatic rings. The van der Waals surface area contributed by atoms with Gasteiger partial charge in [-0.1, -0.05) is 19.9 Å². The summed E-state index contributed by atoms with van der Waals surface area (Å²) in [6.45, 7) is 5.43. The number of aliphatic hydroxyl groups is 2. The van der Waals surface area contributed by atoms with Crippen molar-refractivity contribution in [2.45, 2.75) is 87.4 Å². The van der Waals surface area contributed by atoms with Gasteiger partial charge < -0.3 is 29.2 Å². The SMILES string of the molecule is CCN1C[C@]2(C)CC[C@H](OC)[C@@]34[C@@H]5C[C@H]6[C@H](OC)[C@@H]5[C@](O)(C[C@@H]6OC)[C@](O)([C@@H](OC(=O)c5cccc(C(F)(F)F)c5)[C@H]23)[C@@H]14. The fourth-order valence-electron chi connectivity index (χ4n) is 11.9. The Kier molecular flexibility index (Phi) is 6.53. The molecule has 1 heterocycles. The molecule has 1 aromatic rings. The van der Waals surface area contributed by atoms with Gasteiger partial charge in [0.25, 0.3) is 0 Å². The number of likely N-dealkylation sites (tertiary alicyclic amines) is 1. The lowest BCUT2D eigenvalue weighted by Crippen LogP contribution is -2.81. The Morgan fingerprint density at radius 3 is 2.51 bits per heavy atom. The van der Waals surface area contributed by atoms with E-state index in [1.54, 1.807) is 21.3 Å². The van der Waals surface area contributed by atoms with Gasteiger partial charge in [-0.2, -0.15) is 13.2 Å². The quantitative estimate of drug-likeness (QED) is 0.473. The van der Waals surface area contributed by atoms with Gasteiger partial charge in [-0.3, -0.25) is 4.90 Å². The molecule has 0 radical (unpaired) electrons. The highest BCUT2D eigenvalue weighted by Crippen LogP contribution is 2.80. The second-order valence-electron chi connectivity index (χ2n) is 14.2. The Morgan fingerprint density at radius 1 is 1.14 bits per heavy atom. The van der Waals surface area contributed by atoms with Crippen LogP contribution in [-0.2, 0) is 25.1 Å². The number of hydrogen-bond donors (Lipinski definition) is 2. The molecule has 1 aromatic carbocycles. The first kappa shape index (κ1) is 29.9. The second kappa shape index (κ2) is 9.39. The van der Waals surface area contributed by atoms with Gasteiger partial charge in [0, 0.05) is 57.5 Å². The van der Waals surface area contributed by atoms with Crippen LogP contribution in [-0.4, -0.2) is 97.2 Å². The highest BCUT2D eigenvalue weighted by molar-refractivity contribution is 5.90. The van der Waals surface area contributed by atoms with Crippen LogP contribution in [0, 0.1) is 34.5 Å². The van der Waals surface area contributed by atoms with Crippen molar-refractivity contribution in [1.29, 1.82) is 0 Å². The Morgan fingerprint density at radius 2 is 1.88 bits per heavy atom. The van der Waals surface area contributed by atoms with Crippen molar-refractivity contribution < 1.29 is 47.1 Å². The van der Waals surface area contributed by atoms with Crippen molar-refractivity contribution in [3.05, 3.63) is 35.4 Å². The largest absolute Gasteiger partial charge is 0.455 e. The lowest BCUT2D eigenvalue weighted by Gasteiger charge is -2.69. The summed E-state index contributed by atoms with van der Waals surface area (Å²) in [5.74, 6) is -1.93. The monoisotopic (exact) mass is 609 g/mol. The average Bonchev–Trinajstić information content (AvgIpc) is 3.39. The first-order valence-electron chi connectivity index (χ1n) is 15.4. The molecule has 1 spiro atoms. The molecule has 6 fully saturated rings. The molecular formula is C32H42F3NO7. The zero-order valence-corrected chi connectivity index (χ0v) is 25.3. The number of piperidine rings is 1. The van der Waals surface area contributed by atoms with Crippen LogP contribution in [0.5, 0.6) is 0 Å². The van der Waals surface area contributed by atoms with Crippen LogP contribution >= 0.6 is 0 Å². The zero-order chi connectivity index (χ0) is 30.9. The summed E-state index contributed by atoms with van der Waals surface area (Å²) >= 11 is 0. The fourth-order valence-corrected chi connectivity index (χ4v) is 11.9. The minimum atomic E-state index is -4.64. The molecule has 1 aliphatic heterocycles. The number of carbonyl (C=O) groups excluding carboxylic acids is 1. The van der Waals surface area contributed by atoms with E-state index in [0.717, 1.165) is 25.0 Å². The topological polar surface area (TPSA) is 97.7 Å². The molecule has 7 bridgehead atoms. The number of halogens is 3. The molecule has 5 saturated carbocycles. The lowest BCUT2D eigenvalue weighted by molar-refractivity contribution is -0.317. The molecule has 0 unspecified atom stereocenters. The number of fused-ring (bicyclic) bond motifs is 2. The van der Waals surface area contributed by atoms with E-state index in [2.05, 4.69) is 11.8 Å². The molecular weight excluding hydrogens is 567 g/mol. The van der Waals surface area contributed by atoms with Crippen LogP contribution in [0.2, 0.25) is 0 Å². The van der Waals surface area contributed by atoms with Gasteiger partial charge in [0.05, 0.1) is 35.5 Å². The minimum Gasteiger partial charge on any atom is -0.455 e. The number of rotatable bonds is 6. The van der Waals surface area contributed by atoms with E-state index in [-0.39, 0.29) is 29.9 Å². The molecule has 238 valence electrons. The summed E-state index contributed by atoms with van der Waals surface area (Å²) in [4.78, 5) is 16.1. The molecule has 0 amide bonds. The summed E-state index contributed by atoms with van der Waals surface area (Å²) in [7, 11) is 4.91. The molecule has 8 nitrogen and oxygen atoms in total. The van der Waals surface area contributed by atoms with Crippen molar-refractivity contribution in [1.82, 2.24) is 4.90 Å². The van der Waals surface area contributed by atoms with E-state index in [1.807, 2.05) is 6.92 Å². The summed E-state index contributed by atoms with van der Waals surface area (Å²) in [6.07, 6.45) is -4.58. The number of benzene rings is 1. The van der Waals surface area contributed by atoms with Crippen molar-refractivity contribution in [3.63, 3.8) is 0 Å². The number of ether oxygens (including phenoxy) is 4. The molecule has 5 aliphatic carbocycles. The number of likely N-dealkylation sites (N-methyl/N-ethyl adjacent to an activating group) is 1. The number of methoxy groups -OCH3 is 3. The predicted molar refractivity (Wildman–Crippen MR) is 147 cm³/mol. The number of carbonyl (C=O) groups is 1. The van der Waals surface area contributed by atoms with Gasteiger partial charge in [0.15, 0.2) is 0 Å². The Bertz CT molecular complexity index is 1310. The van der Waals surface area contributed by atoms with E-state index in [9.17, 15) is 28.2 Å². The van der Waals surface area contributed by atoms with Crippen LogP contribution < -0.4 is 0 Å².